The van der Waals surface area contributed by atoms with E-state index in [1.807, 2.05) is 0 Å². The standard InChI is InChI=1S/C9H8ClN5O/c10-5-2-1-3-6(7(5)8(11)16)15-4-13-9(12)14-15/h1-4H,(H2,11,16)(H2,12,14). The summed E-state index contributed by atoms with van der Waals surface area (Å²) < 4.78 is 1.35. The summed E-state index contributed by atoms with van der Waals surface area (Å²) in [6.45, 7) is 0. The average Bonchev–Trinajstić information content (AvgIpc) is 2.63. The molecule has 1 heterocycles. The van der Waals surface area contributed by atoms with E-state index < -0.39 is 5.91 Å². The molecule has 1 aromatic heterocycles. The highest BCUT2D eigenvalue weighted by molar-refractivity contribution is 6.34. The Morgan fingerprint density at radius 2 is 2.19 bits per heavy atom. The lowest BCUT2D eigenvalue weighted by Gasteiger charge is -2.07. The Labute approximate surface area is 95.8 Å². The molecule has 1 aromatic carbocycles. The fourth-order valence-corrected chi connectivity index (χ4v) is 1.60. The normalized spacial score (nSPS) is 10.3. The highest BCUT2D eigenvalue weighted by atomic mass is 35.5. The summed E-state index contributed by atoms with van der Waals surface area (Å²) in [4.78, 5) is 15.0. The summed E-state index contributed by atoms with van der Waals surface area (Å²) in [5.41, 5.74) is 11.3. The Kier molecular flexibility index (Phi) is 2.49. The lowest BCUT2D eigenvalue weighted by atomic mass is 10.1. The van der Waals surface area contributed by atoms with Crippen LogP contribution in [0.15, 0.2) is 24.5 Å². The third-order valence-electron chi connectivity index (χ3n) is 1.99. The van der Waals surface area contributed by atoms with Crippen molar-refractivity contribution < 1.29 is 4.79 Å². The molecule has 0 unspecified atom stereocenters. The molecule has 0 radical (unpaired) electrons. The number of aromatic nitrogens is 3. The van der Waals surface area contributed by atoms with Crippen LogP contribution in [0.1, 0.15) is 10.4 Å². The zero-order valence-electron chi connectivity index (χ0n) is 8.09. The van der Waals surface area contributed by atoms with Gasteiger partial charge in [-0.15, -0.1) is 5.10 Å². The van der Waals surface area contributed by atoms with Crippen LogP contribution < -0.4 is 11.5 Å². The van der Waals surface area contributed by atoms with Crippen molar-refractivity contribution in [1.82, 2.24) is 14.8 Å². The van der Waals surface area contributed by atoms with E-state index in [1.165, 1.54) is 11.0 Å². The first-order chi connectivity index (χ1) is 7.59. The van der Waals surface area contributed by atoms with Crippen molar-refractivity contribution in [3.63, 3.8) is 0 Å². The summed E-state index contributed by atoms with van der Waals surface area (Å²) in [5, 5.41) is 4.15. The van der Waals surface area contributed by atoms with Crippen molar-refractivity contribution in [3.05, 3.63) is 35.1 Å². The molecule has 0 spiro atoms. The molecule has 0 saturated carbocycles. The average molecular weight is 238 g/mol. The lowest BCUT2D eigenvalue weighted by Crippen LogP contribution is -2.15. The topological polar surface area (TPSA) is 99.8 Å². The molecule has 16 heavy (non-hydrogen) atoms. The van der Waals surface area contributed by atoms with E-state index in [4.69, 9.17) is 23.1 Å². The number of primary amides is 1. The monoisotopic (exact) mass is 237 g/mol. The van der Waals surface area contributed by atoms with Gasteiger partial charge in [0, 0.05) is 0 Å². The molecule has 6 nitrogen and oxygen atoms in total. The molecule has 0 aliphatic heterocycles. The van der Waals surface area contributed by atoms with Crippen molar-refractivity contribution in [2.24, 2.45) is 5.73 Å². The number of rotatable bonds is 2. The second-order valence-corrected chi connectivity index (χ2v) is 3.45. The van der Waals surface area contributed by atoms with Crippen LogP contribution in [0.3, 0.4) is 0 Å². The maximum atomic E-state index is 11.3. The molecule has 1 amide bonds. The molecule has 4 N–H and O–H groups in total. The largest absolute Gasteiger partial charge is 0.366 e. The highest BCUT2D eigenvalue weighted by Crippen LogP contribution is 2.22. The first kappa shape index (κ1) is 10.4. The molecule has 0 fully saturated rings. The molecular formula is C9H8ClN5O. The van der Waals surface area contributed by atoms with Crippen molar-refractivity contribution in [2.75, 3.05) is 5.73 Å². The fraction of sp³-hybridized carbons (Fsp3) is 0. The molecule has 2 aromatic rings. The first-order valence-corrected chi connectivity index (χ1v) is 4.73. The van der Waals surface area contributed by atoms with Gasteiger partial charge < -0.3 is 11.5 Å². The molecule has 2 rings (SSSR count). The van der Waals surface area contributed by atoms with Crippen LogP contribution in [0, 0.1) is 0 Å². The van der Waals surface area contributed by atoms with E-state index >= 15 is 0 Å². The van der Waals surface area contributed by atoms with Crippen LogP contribution in [0.5, 0.6) is 0 Å². The number of anilines is 1. The van der Waals surface area contributed by atoms with Gasteiger partial charge in [-0.2, -0.15) is 0 Å². The maximum absolute atomic E-state index is 11.3. The van der Waals surface area contributed by atoms with Gasteiger partial charge >= 0.3 is 0 Å². The molecule has 0 atom stereocenters. The number of hydrogen-bond donors (Lipinski definition) is 2. The van der Waals surface area contributed by atoms with Crippen LogP contribution in [-0.4, -0.2) is 20.7 Å². The lowest BCUT2D eigenvalue weighted by molar-refractivity contribution is 0.100. The Hall–Kier alpha value is -2.08. The Bertz CT molecular complexity index is 551. The van der Waals surface area contributed by atoms with Gasteiger partial charge in [-0.25, -0.2) is 9.67 Å². The van der Waals surface area contributed by atoms with E-state index in [2.05, 4.69) is 10.1 Å². The van der Waals surface area contributed by atoms with Gasteiger partial charge in [0.1, 0.15) is 6.33 Å². The number of hydrogen-bond acceptors (Lipinski definition) is 4. The third-order valence-corrected chi connectivity index (χ3v) is 2.31. The van der Waals surface area contributed by atoms with Gasteiger partial charge in [-0.05, 0) is 12.1 Å². The number of amides is 1. The van der Waals surface area contributed by atoms with Gasteiger partial charge in [0.25, 0.3) is 5.91 Å². The van der Waals surface area contributed by atoms with Crippen LogP contribution in [0.2, 0.25) is 5.02 Å². The third kappa shape index (κ3) is 1.70. The maximum Gasteiger partial charge on any atom is 0.252 e. The summed E-state index contributed by atoms with van der Waals surface area (Å²) in [6.07, 6.45) is 1.38. The molecular weight excluding hydrogens is 230 g/mol. The van der Waals surface area contributed by atoms with Gasteiger partial charge in [0.05, 0.1) is 16.3 Å². The van der Waals surface area contributed by atoms with Gasteiger partial charge in [-0.3, -0.25) is 4.79 Å². The second-order valence-electron chi connectivity index (χ2n) is 3.05. The minimum Gasteiger partial charge on any atom is -0.366 e. The zero-order valence-corrected chi connectivity index (χ0v) is 8.85. The Morgan fingerprint density at radius 3 is 2.75 bits per heavy atom. The van der Waals surface area contributed by atoms with Crippen LogP contribution in [0.4, 0.5) is 5.95 Å². The van der Waals surface area contributed by atoms with Crippen molar-refractivity contribution in [2.45, 2.75) is 0 Å². The molecule has 0 aliphatic rings. The van der Waals surface area contributed by atoms with E-state index in [9.17, 15) is 4.79 Å². The van der Waals surface area contributed by atoms with E-state index in [1.54, 1.807) is 18.2 Å². The van der Waals surface area contributed by atoms with Crippen molar-refractivity contribution in [3.8, 4) is 5.69 Å². The predicted molar refractivity (Wildman–Crippen MR) is 59.3 cm³/mol. The number of halogens is 1. The Morgan fingerprint density at radius 1 is 1.44 bits per heavy atom. The molecule has 7 heteroatoms. The van der Waals surface area contributed by atoms with Gasteiger partial charge in [0.2, 0.25) is 5.95 Å². The number of nitrogens with two attached hydrogens (primary N) is 2. The number of nitrogen functional groups attached to an aromatic ring is 1. The summed E-state index contributed by atoms with van der Waals surface area (Å²) >= 11 is 5.89. The summed E-state index contributed by atoms with van der Waals surface area (Å²) in [6, 6.07) is 4.91. The van der Waals surface area contributed by atoms with Gasteiger partial charge in [-0.1, -0.05) is 17.7 Å². The van der Waals surface area contributed by atoms with E-state index in [0.29, 0.717) is 5.69 Å². The SMILES string of the molecule is NC(=O)c1c(Cl)cccc1-n1cnc(N)n1. The van der Waals surface area contributed by atoms with E-state index in [-0.39, 0.29) is 16.5 Å². The van der Waals surface area contributed by atoms with Crippen LogP contribution in [0.25, 0.3) is 5.69 Å². The fourth-order valence-electron chi connectivity index (χ4n) is 1.34. The Balaban J connectivity index is 2.65. The van der Waals surface area contributed by atoms with Gasteiger partial charge in [0.15, 0.2) is 0 Å². The minimum atomic E-state index is -0.630. The smallest absolute Gasteiger partial charge is 0.252 e. The molecule has 0 bridgehead atoms. The number of carbonyl (C=O) groups excluding carboxylic acids is 1. The van der Waals surface area contributed by atoms with Crippen LogP contribution >= 0.6 is 11.6 Å². The zero-order chi connectivity index (χ0) is 11.7. The number of benzene rings is 1. The summed E-state index contributed by atoms with van der Waals surface area (Å²) in [7, 11) is 0. The molecule has 0 saturated heterocycles. The second kappa shape index (κ2) is 3.82. The number of carbonyl (C=O) groups is 1. The first-order valence-electron chi connectivity index (χ1n) is 4.35. The highest BCUT2D eigenvalue weighted by Gasteiger charge is 2.14. The quantitative estimate of drug-likeness (QED) is 0.799. The summed E-state index contributed by atoms with van der Waals surface area (Å²) in [5.74, 6) is -0.523. The number of nitrogens with zero attached hydrogens (tertiary/aromatic N) is 3. The molecule has 82 valence electrons. The molecule has 0 aliphatic carbocycles. The van der Waals surface area contributed by atoms with Crippen molar-refractivity contribution >= 4 is 23.5 Å². The van der Waals surface area contributed by atoms with E-state index in [0.717, 1.165) is 0 Å². The minimum absolute atomic E-state index is 0.107. The predicted octanol–water partition coefficient (Wildman–Crippen LogP) is 0.602. The van der Waals surface area contributed by atoms with Crippen LogP contribution in [-0.2, 0) is 0 Å². The van der Waals surface area contributed by atoms with Crippen molar-refractivity contribution in [1.29, 1.82) is 0 Å².